The summed E-state index contributed by atoms with van der Waals surface area (Å²) in [6.07, 6.45) is 6.31. The van der Waals surface area contributed by atoms with Gasteiger partial charge < -0.3 is 14.1 Å². The van der Waals surface area contributed by atoms with E-state index in [1.54, 1.807) is 30.7 Å². The van der Waals surface area contributed by atoms with E-state index in [9.17, 15) is 9.59 Å². The van der Waals surface area contributed by atoms with Crippen molar-refractivity contribution in [3.8, 4) is 0 Å². The lowest BCUT2D eigenvalue weighted by atomic mass is 10.2. The first kappa shape index (κ1) is 14.6. The standard InChI is InChI=1S/C15H12N4O4/c20-14-3-1-2-4-19(14)9-12-16-6-10(7-17-12)5-13-18-8-11(23-13)15(21)22/h1-4,6-8H,5,9H2,(H,21,22). The van der Waals surface area contributed by atoms with Crippen molar-refractivity contribution in [2.45, 2.75) is 13.0 Å². The van der Waals surface area contributed by atoms with Gasteiger partial charge in [-0.2, -0.15) is 0 Å². The molecule has 1 N–H and O–H groups in total. The lowest BCUT2D eigenvalue weighted by Crippen LogP contribution is -2.19. The molecule has 0 spiro atoms. The molecule has 0 fully saturated rings. The van der Waals surface area contributed by atoms with Crippen LogP contribution in [0, 0.1) is 0 Å². The molecule has 0 aliphatic carbocycles. The molecule has 0 saturated carbocycles. The molecule has 3 aromatic rings. The van der Waals surface area contributed by atoms with Crippen LogP contribution in [0.1, 0.15) is 27.8 Å². The number of carboxylic acid groups (broad SMARTS) is 1. The topological polar surface area (TPSA) is 111 Å². The van der Waals surface area contributed by atoms with Crippen LogP contribution < -0.4 is 5.56 Å². The van der Waals surface area contributed by atoms with E-state index < -0.39 is 5.97 Å². The molecule has 116 valence electrons. The van der Waals surface area contributed by atoms with Crippen molar-refractivity contribution in [1.82, 2.24) is 19.5 Å². The third-order valence-corrected chi connectivity index (χ3v) is 3.09. The van der Waals surface area contributed by atoms with Crippen molar-refractivity contribution in [3.63, 3.8) is 0 Å². The number of carboxylic acids is 1. The Kier molecular flexibility index (Phi) is 3.96. The molecule has 3 aromatic heterocycles. The van der Waals surface area contributed by atoms with Gasteiger partial charge in [-0.15, -0.1) is 0 Å². The Morgan fingerprint density at radius 2 is 1.96 bits per heavy atom. The smallest absolute Gasteiger partial charge is 0.373 e. The van der Waals surface area contributed by atoms with Gasteiger partial charge in [0.15, 0.2) is 5.89 Å². The summed E-state index contributed by atoms with van der Waals surface area (Å²) >= 11 is 0. The summed E-state index contributed by atoms with van der Waals surface area (Å²) in [5, 5.41) is 8.78. The van der Waals surface area contributed by atoms with Crippen molar-refractivity contribution in [2.75, 3.05) is 0 Å². The summed E-state index contributed by atoms with van der Waals surface area (Å²) in [5.41, 5.74) is 0.606. The van der Waals surface area contributed by atoms with Crippen molar-refractivity contribution in [1.29, 1.82) is 0 Å². The molecule has 3 heterocycles. The number of oxazole rings is 1. The van der Waals surface area contributed by atoms with E-state index in [1.165, 1.54) is 10.6 Å². The molecular formula is C15H12N4O4. The molecular weight excluding hydrogens is 300 g/mol. The Balaban J connectivity index is 1.70. The molecule has 8 heteroatoms. The van der Waals surface area contributed by atoms with Crippen LogP contribution in [0.4, 0.5) is 0 Å². The quantitative estimate of drug-likeness (QED) is 0.747. The van der Waals surface area contributed by atoms with Crippen molar-refractivity contribution in [3.05, 3.63) is 76.4 Å². The lowest BCUT2D eigenvalue weighted by Gasteiger charge is -2.04. The zero-order valence-corrected chi connectivity index (χ0v) is 11.9. The molecule has 3 rings (SSSR count). The number of nitrogens with zero attached hydrogens (tertiary/aromatic N) is 4. The Labute approximate surface area is 130 Å². The monoisotopic (exact) mass is 312 g/mol. The second kappa shape index (κ2) is 6.22. The van der Waals surface area contributed by atoms with E-state index in [4.69, 9.17) is 9.52 Å². The molecule has 0 radical (unpaired) electrons. The van der Waals surface area contributed by atoms with Crippen molar-refractivity contribution in [2.24, 2.45) is 0 Å². The molecule has 0 saturated heterocycles. The van der Waals surface area contributed by atoms with E-state index in [0.29, 0.717) is 12.2 Å². The van der Waals surface area contributed by atoms with Crippen molar-refractivity contribution < 1.29 is 14.3 Å². The minimum atomic E-state index is -1.16. The number of aromatic carboxylic acids is 1. The van der Waals surface area contributed by atoms with Crippen LogP contribution in [0.2, 0.25) is 0 Å². The van der Waals surface area contributed by atoms with Crippen molar-refractivity contribution >= 4 is 5.97 Å². The third kappa shape index (κ3) is 3.49. The minimum Gasteiger partial charge on any atom is -0.475 e. The highest BCUT2D eigenvalue weighted by molar-refractivity contribution is 5.83. The number of rotatable bonds is 5. The van der Waals surface area contributed by atoms with E-state index in [-0.39, 0.29) is 23.8 Å². The van der Waals surface area contributed by atoms with Crippen LogP contribution in [-0.4, -0.2) is 30.6 Å². The van der Waals surface area contributed by atoms with E-state index in [2.05, 4.69) is 15.0 Å². The maximum atomic E-state index is 11.6. The Hall–Kier alpha value is -3.29. The summed E-state index contributed by atoms with van der Waals surface area (Å²) in [7, 11) is 0. The highest BCUT2D eigenvalue weighted by Gasteiger charge is 2.11. The Morgan fingerprint density at radius 3 is 2.61 bits per heavy atom. The highest BCUT2D eigenvalue weighted by Crippen LogP contribution is 2.09. The fourth-order valence-corrected chi connectivity index (χ4v) is 1.96. The largest absolute Gasteiger partial charge is 0.475 e. The van der Waals surface area contributed by atoms with E-state index >= 15 is 0 Å². The number of carbonyl (C=O) groups is 1. The van der Waals surface area contributed by atoms with Gasteiger partial charge in [-0.3, -0.25) is 4.79 Å². The van der Waals surface area contributed by atoms with Gasteiger partial charge in [0.25, 0.3) is 5.56 Å². The molecule has 0 atom stereocenters. The summed E-state index contributed by atoms with van der Waals surface area (Å²) in [6.45, 7) is 0.280. The maximum absolute atomic E-state index is 11.6. The SMILES string of the molecule is O=C(O)c1cnc(Cc2cnc(Cn3ccccc3=O)nc2)o1. The molecule has 0 unspecified atom stereocenters. The van der Waals surface area contributed by atoms with Gasteiger partial charge in [0, 0.05) is 24.7 Å². The molecule has 23 heavy (non-hydrogen) atoms. The summed E-state index contributed by atoms with van der Waals surface area (Å²) in [6, 6.07) is 4.90. The van der Waals surface area contributed by atoms with Crippen LogP contribution in [0.15, 0.2) is 52.2 Å². The molecule has 0 amide bonds. The van der Waals surface area contributed by atoms with E-state index in [1.807, 2.05) is 0 Å². The second-order valence-electron chi connectivity index (χ2n) is 4.77. The average molecular weight is 312 g/mol. The van der Waals surface area contributed by atoms with Gasteiger partial charge >= 0.3 is 5.97 Å². The highest BCUT2D eigenvalue weighted by atomic mass is 16.4. The van der Waals surface area contributed by atoms with Crippen LogP contribution in [0.3, 0.4) is 0 Å². The number of hydrogen-bond acceptors (Lipinski definition) is 6. The summed E-state index contributed by atoms with van der Waals surface area (Å²) in [4.78, 5) is 34.6. The van der Waals surface area contributed by atoms with Gasteiger partial charge in [-0.25, -0.2) is 19.7 Å². The first-order chi connectivity index (χ1) is 11.1. The van der Waals surface area contributed by atoms with Gasteiger partial charge in [0.2, 0.25) is 5.76 Å². The molecule has 0 bridgehead atoms. The lowest BCUT2D eigenvalue weighted by molar-refractivity contribution is 0.0660. The zero-order chi connectivity index (χ0) is 16.2. The maximum Gasteiger partial charge on any atom is 0.373 e. The predicted octanol–water partition coefficient (Wildman–Crippen LogP) is 0.964. The number of hydrogen-bond donors (Lipinski definition) is 1. The minimum absolute atomic E-state index is 0.124. The average Bonchev–Trinajstić information content (AvgIpc) is 3.00. The van der Waals surface area contributed by atoms with Crippen LogP contribution in [0.5, 0.6) is 0 Å². The Morgan fingerprint density at radius 1 is 1.17 bits per heavy atom. The second-order valence-corrected chi connectivity index (χ2v) is 4.77. The molecule has 8 nitrogen and oxygen atoms in total. The molecule has 0 aliphatic heterocycles. The summed E-state index contributed by atoms with van der Waals surface area (Å²) in [5.74, 6) is -0.594. The van der Waals surface area contributed by atoms with E-state index in [0.717, 1.165) is 11.8 Å². The predicted molar refractivity (Wildman–Crippen MR) is 78.1 cm³/mol. The van der Waals surface area contributed by atoms with Gasteiger partial charge in [-0.1, -0.05) is 6.07 Å². The fourth-order valence-electron chi connectivity index (χ4n) is 1.96. The van der Waals surface area contributed by atoms with Crippen LogP contribution >= 0.6 is 0 Å². The van der Waals surface area contributed by atoms with Gasteiger partial charge in [-0.05, 0) is 11.6 Å². The zero-order valence-electron chi connectivity index (χ0n) is 11.9. The normalized spacial score (nSPS) is 10.6. The number of pyridine rings is 1. The molecule has 0 aliphatic rings. The Bertz CT molecular complexity index is 883. The number of aromatic nitrogens is 4. The fraction of sp³-hybridized carbons (Fsp3) is 0.133. The van der Waals surface area contributed by atoms with Crippen LogP contribution in [0.25, 0.3) is 0 Å². The third-order valence-electron chi connectivity index (χ3n) is 3.09. The van der Waals surface area contributed by atoms with Crippen LogP contribution in [-0.2, 0) is 13.0 Å². The molecule has 0 aromatic carbocycles. The summed E-state index contributed by atoms with van der Waals surface area (Å²) < 4.78 is 6.58. The van der Waals surface area contributed by atoms with Gasteiger partial charge in [0.05, 0.1) is 19.2 Å². The van der Waals surface area contributed by atoms with Gasteiger partial charge in [0.1, 0.15) is 5.82 Å². The first-order valence-corrected chi connectivity index (χ1v) is 6.75. The first-order valence-electron chi connectivity index (χ1n) is 6.75.